The second-order valence-electron chi connectivity index (χ2n) is 6.24. The highest BCUT2D eigenvalue weighted by Crippen LogP contribution is 2.27. The largest absolute Gasteiger partial charge is 0.388 e. The topological polar surface area (TPSA) is 65.1 Å². The number of H-pyrrole nitrogens is 1. The number of aromatic nitrogens is 1. The minimum absolute atomic E-state index is 0.149. The van der Waals surface area contributed by atoms with Gasteiger partial charge in [0.15, 0.2) is 0 Å². The van der Waals surface area contributed by atoms with E-state index in [2.05, 4.69) is 10.3 Å². The van der Waals surface area contributed by atoms with Crippen LogP contribution >= 0.6 is 0 Å². The van der Waals surface area contributed by atoms with Gasteiger partial charge in [0.2, 0.25) is 5.91 Å². The van der Waals surface area contributed by atoms with Gasteiger partial charge in [-0.05, 0) is 36.6 Å². The molecule has 1 amide bonds. The number of fused-ring (bicyclic) bond motifs is 1. The molecule has 0 unspecified atom stereocenters. The molecule has 0 saturated heterocycles. The van der Waals surface area contributed by atoms with Gasteiger partial charge in [-0.25, -0.2) is 4.39 Å². The highest BCUT2D eigenvalue weighted by molar-refractivity contribution is 5.88. The molecular formula is C17H21FN2O2. The Hall–Kier alpha value is -1.88. The van der Waals surface area contributed by atoms with Gasteiger partial charge in [0.05, 0.1) is 12.0 Å². The van der Waals surface area contributed by atoms with E-state index >= 15 is 0 Å². The molecule has 3 N–H and O–H groups in total. The first kappa shape index (κ1) is 15.0. The van der Waals surface area contributed by atoms with E-state index in [-0.39, 0.29) is 18.1 Å². The summed E-state index contributed by atoms with van der Waals surface area (Å²) in [5.41, 5.74) is 0.818. The van der Waals surface area contributed by atoms with E-state index in [4.69, 9.17) is 0 Å². The molecule has 0 spiro atoms. The molecule has 1 heterocycles. The molecule has 0 bridgehead atoms. The molecular weight excluding hydrogens is 283 g/mol. The lowest BCUT2D eigenvalue weighted by Gasteiger charge is -2.32. The quantitative estimate of drug-likeness (QED) is 0.813. The van der Waals surface area contributed by atoms with Gasteiger partial charge in [-0.15, -0.1) is 0 Å². The molecule has 2 aromatic rings. The van der Waals surface area contributed by atoms with Gasteiger partial charge in [-0.2, -0.15) is 0 Å². The van der Waals surface area contributed by atoms with Crippen molar-refractivity contribution in [1.29, 1.82) is 0 Å². The second kappa shape index (κ2) is 6.08. The zero-order chi connectivity index (χ0) is 15.6. The van der Waals surface area contributed by atoms with Crippen molar-refractivity contribution in [3.05, 3.63) is 35.8 Å². The van der Waals surface area contributed by atoms with Gasteiger partial charge in [0, 0.05) is 23.6 Å². The van der Waals surface area contributed by atoms with Crippen molar-refractivity contribution >= 4 is 16.8 Å². The summed E-state index contributed by atoms with van der Waals surface area (Å²) in [6, 6.07) is 4.49. The fourth-order valence-corrected chi connectivity index (χ4v) is 3.18. The summed E-state index contributed by atoms with van der Waals surface area (Å²) in [6.45, 7) is 0.294. The number of hydrogen-bond acceptors (Lipinski definition) is 2. The highest BCUT2D eigenvalue weighted by atomic mass is 19.1. The van der Waals surface area contributed by atoms with E-state index in [0.717, 1.165) is 48.6 Å². The van der Waals surface area contributed by atoms with Crippen LogP contribution in [0.2, 0.25) is 0 Å². The Morgan fingerprint density at radius 1 is 1.32 bits per heavy atom. The van der Waals surface area contributed by atoms with Crippen molar-refractivity contribution in [1.82, 2.24) is 10.3 Å². The molecule has 1 aliphatic rings. The SMILES string of the molecule is O=C(Cc1c[nH]c2ccc(F)cc12)NCC1(O)CCCCC1. The summed E-state index contributed by atoms with van der Waals surface area (Å²) in [4.78, 5) is 15.1. The van der Waals surface area contributed by atoms with E-state index in [0.29, 0.717) is 6.54 Å². The Balaban J connectivity index is 1.62. The third-order valence-corrected chi connectivity index (χ3v) is 4.48. The highest BCUT2D eigenvalue weighted by Gasteiger charge is 2.29. The molecule has 0 aliphatic heterocycles. The lowest BCUT2D eigenvalue weighted by atomic mass is 9.85. The standard InChI is InChI=1S/C17H21FN2O2/c18-13-4-5-15-14(9-13)12(10-19-15)8-16(21)20-11-17(22)6-2-1-3-7-17/h4-5,9-10,19,22H,1-3,6-8,11H2,(H,20,21). The Bertz CT molecular complexity index is 674. The summed E-state index contributed by atoms with van der Waals surface area (Å²) in [5.74, 6) is -0.463. The average Bonchev–Trinajstić information content (AvgIpc) is 2.88. The number of hydrogen-bond donors (Lipinski definition) is 3. The molecule has 22 heavy (non-hydrogen) atoms. The van der Waals surface area contributed by atoms with Crippen LogP contribution in [0, 0.1) is 5.82 Å². The minimum Gasteiger partial charge on any atom is -0.388 e. The van der Waals surface area contributed by atoms with Gasteiger partial charge >= 0.3 is 0 Å². The van der Waals surface area contributed by atoms with Crippen LogP contribution in [-0.4, -0.2) is 28.1 Å². The zero-order valence-electron chi connectivity index (χ0n) is 12.5. The Kier molecular flexibility index (Phi) is 4.16. The van der Waals surface area contributed by atoms with E-state index < -0.39 is 5.60 Å². The van der Waals surface area contributed by atoms with Crippen molar-refractivity contribution in [2.24, 2.45) is 0 Å². The Morgan fingerprint density at radius 2 is 2.09 bits per heavy atom. The third kappa shape index (κ3) is 3.30. The molecule has 1 saturated carbocycles. The molecule has 1 fully saturated rings. The molecule has 118 valence electrons. The van der Waals surface area contributed by atoms with E-state index in [1.54, 1.807) is 12.3 Å². The molecule has 4 nitrogen and oxygen atoms in total. The molecule has 5 heteroatoms. The molecule has 1 aromatic heterocycles. The lowest BCUT2D eigenvalue weighted by molar-refractivity contribution is -0.122. The van der Waals surface area contributed by atoms with Gasteiger partial charge in [0.1, 0.15) is 5.82 Å². The Morgan fingerprint density at radius 3 is 2.86 bits per heavy atom. The van der Waals surface area contributed by atoms with Gasteiger partial charge in [-0.1, -0.05) is 19.3 Å². The second-order valence-corrected chi connectivity index (χ2v) is 6.24. The summed E-state index contributed by atoms with van der Waals surface area (Å²) < 4.78 is 13.3. The zero-order valence-corrected chi connectivity index (χ0v) is 12.5. The molecule has 3 rings (SSSR count). The van der Waals surface area contributed by atoms with Crippen LogP contribution in [0.25, 0.3) is 10.9 Å². The number of carbonyl (C=O) groups is 1. The predicted molar refractivity (Wildman–Crippen MR) is 83.0 cm³/mol. The van der Waals surface area contributed by atoms with Crippen molar-refractivity contribution in [2.75, 3.05) is 6.54 Å². The number of carbonyl (C=O) groups excluding carboxylic acids is 1. The Labute approximate surface area is 128 Å². The smallest absolute Gasteiger partial charge is 0.224 e. The number of benzene rings is 1. The number of rotatable bonds is 4. The van der Waals surface area contributed by atoms with Crippen molar-refractivity contribution in [3.8, 4) is 0 Å². The first-order chi connectivity index (χ1) is 10.6. The van der Waals surface area contributed by atoms with E-state index in [1.165, 1.54) is 12.1 Å². The first-order valence-corrected chi connectivity index (χ1v) is 7.80. The van der Waals surface area contributed by atoms with Crippen LogP contribution in [0.15, 0.2) is 24.4 Å². The first-order valence-electron chi connectivity index (χ1n) is 7.80. The van der Waals surface area contributed by atoms with Crippen molar-refractivity contribution < 1.29 is 14.3 Å². The number of aromatic amines is 1. The summed E-state index contributed by atoms with van der Waals surface area (Å²) in [7, 11) is 0. The summed E-state index contributed by atoms with van der Waals surface area (Å²) in [5, 5.41) is 13.9. The molecule has 0 radical (unpaired) electrons. The van der Waals surface area contributed by atoms with Crippen LogP contribution < -0.4 is 5.32 Å². The lowest BCUT2D eigenvalue weighted by Crippen LogP contribution is -2.44. The maximum Gasteiger partial charge on any atom is 0.224 e. The third-order valence-electron chi connectivity index (χ3n) is 4.48. The number of amides is 1. The fourth-order valence-electron chi connectivity index (χ4n) is 3.18. The van der Waals surface area contributed by atoms with Gasteiger partial charge in [-0.3, -0.25) is 4.79 Å². The van der Waals surface area contributed by atoms with Crippen LogP contribution in [0.3, 0.4) is 0 Å². The van der Waals surface area contributed by atoms with Crippen LogP contribution in [0.4, 0.5) is 4.39 Å². The van der Waals surface area contributed by atoms with E-state index in [1.807, 2.05) is 0 Å². The minimum atomic E-state index is -0.764. The summed E-state index contributed by atoms with van der Waals surface area (Å²) in [6.07, 6.45) is 6.56. The maximum absolute atomic E-state index is 13.3. The molecule has 0 atom stereocenters. The van der Waals surface area contributed by atoms with Gasteiger partial charge in [0.25, 0.3) is 0 Å². The normalized spacial score (nSPS) is 17.5. The number of halogens is 1. The van der Waals surface area contributed by atoms with Crippen molar-refractivity contribution in [3.63, 3.8) is 0 Å². The van der Waals surface area contributed by atoms with E-state index in [9.17, 15) is 14.3 Å². The predicted octanol–water partition coefficient (Wildman–Crippen LogP) is 2.66. The number of aliphatic hydroxyl groups is 1. The monoisotopic (exact) mass is 304 g/mol. The molecule has 1 aromatic carbocycles. The van der Waals surface area contributed by atoms with Crippen molar-refractivity contribution in [2.45, 2.75) is 44.1 Å². The van der Waals surface area contributed by atoms with Crippen LogP contribution in [0.1, 0.15) is 37.7 Å². The summed E-state index contributed by atoms with van der Waals surface area (Å²) >= 11 is 0. The fraction of sp³-hybridized carbons (Fsp3) is 0.471. The van der Waals surface area contributed by atoms with Gasteiger partial charge < -0.3 is 15.4 Å². The average molecular weight is 304 g/mol. The molecule has 1 aliphatic carbocycles. The number of nitrogens with one attached hydrogen (secondary N) is 2. The van der Waals surface area contributed by atoms with Crippen LogP contribution in [-0.2, 0) is 11.2 Å². The van der Waals surface area contributed by atoms with Crippen LogP contribution in [0.5, 0.6) is 0 Å². The maximum atomic E-state index is 13.3.